The van der Waals surface area contributed by atoms with Crippen LogP contribution in [-0.2, 0) is 16.9 Å². The zero-order valence-electron chi connectivity index (χ0n) is 11.9. The molecule has 0 bridgehead atoms. The molecule has 1 aliphatic carbocycles. The van der Waals surface area contributed by atoms with E-state index in [0.717, 1.165) is 30.1 Å². The first-order chi connectivity index (χ1) is 8.51. The third-order valence-electron chi connectivity index (χ3n) is 4.10. The van der Waals surface area contributed by atoms with E-state index in [1.54, 1.807) is 11.3 Å². The molecule has 0 radical (unpaired) electrons. The first-order valence-electron chi connectivity index (χ1n) is 6.66. The summed E-state index contributed by atoms with van der Waals surface area (Å²) >= 11 is 1.74. The van der Waals surface area contributed by atoms with Gasteiger partial charge in [0, 0.05) is 19.0 Å². The SMILES string of the molecule is CNCc1csc(C2(OC)CCC(C)(C)CC2)n1. The van der Waals surface area contributed by atoms with Gasteiger partial charge in [-0.3, -0.25) is 0 Å². The second-order valence-corrected chi connectivity index (χ2v) is 6.90. The van der Waals surface area contributed by atoms with E-state index in [9.17, 15) is 0 Å². The molecule has 0 unspecified atom stereocenters. The highest BCUT2D eigenvalue weighted by Gasteiger charge is 2.41. The molecule has 0 amide bonds. The van der Waals surface area contributed by atoms with E-state index in [1.165, 1.54) is 12.8 Å². The summed E-state index contributed by atoms with van der Waals surface area (Å²) in [5, 5.41) is 6.45. The largest absolute Gasteiger partial charge is 0.371 e. The lowest BCUT2D eigenvalue weighted by atomic mass is 9.71. The topological polar surface area (TPSA) is 34.1 Å². The molecule has 0 aromatic carbocycles. The first-order valence-corrected chi connectivity index (χ1v) is 7.54. The van der Waals surface area contributed by atoms with Gasteiger partial charge in [-0.25, -0.2) is 4.98 Å². The van der Waals surface area contributed by atoms with E-state index < -0.39 is 0 Å². The molecule has 1 saturated carbocycles. The van der Waals surface area contributed by atoms with Crippen molar-refractivity contribution in [3.63, 3.8) is 0 Å². The molecular formula is C14H24N2OS. The molecule has 0 aliphatic heterocycles. The number of ether oxygens (including phenoxy) is 1. The average Bonchev–Trinajstić information content (AvgIpc) is 2.80. The fourth-order valence-corrected chi connectivity index (χ4v) is 3.67. The van der Waals surface area contributed by atoms with Crippen LogP contribution >= 0.6 is 11.3 Å². The van der Waals surface area contributed by atoms with Crippen LogP contribution in [0.25, 0.3) is 0 Å². The zero-order valence-corrected chi connectivity index (χ0v) is 12.7. The van der Waals surface area contributed by atoms with Gasteiger partial charge >= 0.3 is 0 Å². The maximum absolute atomic E-state index is 5.88. The fraction of sp³-hybridized carbons (Fsp3) is 0.786. The number of thiazole rings is 1. The van der Waals surface area contributed by atoms with Crippen LogP contribution < -0.4 is 5.32 Å². The molecule has 1 N–H and O–H groups in total. The highest BCUT2D eigenvalue weighted by molar-refractivity contribution is 7.09. The van der Waals surface area contributed by atoms with Gasteiger partial charge in [0.2, 0.25) is 0 Å². The summed E-state index contributed by atoms with van der Waals surface area (Å²) in [7, 11) is 3.78. The lowest BCUT2D eigenvalue weighted by Crippen LogP contribution is -2.36. The molecule has 0 atom stereocenters. The van der Waals surface area contributed by atoms with E-state index in [4.69, 9.17) is 9.72 Å². The van der Waals surface area contributed by atoms with E-state index >= 15 is 0 Å². The average molecular weight is 268 g/mol. The van der Waals surface area contributed by atoms with Crippen molar-refractivity contribution in [2.75, 3.05) is 14.2 Å². The molecule has 1 aromatic rings. The summed E-state index contributed by atoms with van der Waals surface area (Å²) in [4.78, 5) is 4.75. The van der Waals surface area contributed by atoms with Gasteiger partial charge in [-0.15, -0.1) is 11.3 Å². The molecule has 1 heterocycles. The van der Waals surface area contributed by atoms with E-state index in [2.05, 4.69) is 24.5 Å². The highest BCUT2D eigenvalue weighted by Crippen LogP contribution is 2.47. The third kappa shape index (κ3) is 2.76. The van der Waals surface area contributed by atoms with Crippen LogP contribution in [0.15, 0.2) is 5.38 Å². The van der Waals surface area contributed by atoms with Crippen molar-refractivity contribution in [2.24, 2.45) is 5.41 Å². The van der Waals surface area contributed by atoms with Crippen LogP contribution in [0.3, 0.4) is 0 Å². The Bertz CT molecular complexity index is 390. The predicted octanol–water partition coefficient (Wildman–Crippen LogP) is 3.30. The van der Waals surface area contributed by atoms with Crippen LogP contribution in [0.5, 0.6) is 0 Å². The van der Waals surface area contributed by atoms with Crippen LogP contribution in [0.4, 0.5) is 0 Å². The number of hydrogen-bond donors (Lipinski definition) is 1. The van der Waals surface area contributed by atoms with Gasteiger partial charge in [-0.05, 0) is 38.1 Å². The molecule has 102 valence electrons. The molecular weight excluding hydrogens is 244 g/mol. The summed E-state index contributed by atoms with van der Waals surface area (Å²) in [5.41, 5.74) is 1.44. The van der Waals surface area contributed by atoms with Gasteiger partial charge in [-0.1, -0.05) is 13.8 Å². The van der Waals surface area contributed by atoms with Crippen LogP contribution in [0.1, 0.15) is 50.2 Å². The first kappa shape index (κ1) is 14.0. The number of methoxy groups -OCH3 is 1. The summed E-state index contributed by atoms with van der Waals surface area (Å²) in [6.07, 6.45) is 4.59. The second kappa shape index (κ2) is 5.27. The van der Waals surface area contributed by atoms with Crippen molar-refractivity contribution in [2.45, 2.75) is 51.7 Å². The Hall–Kier alpha value is -0.450. The number of hydrogen-bond acceptors (Lipinski definition) is 4. The summed E-state index contributed by atoms with van der Waals surface area (Å²) < 4.78 is 5.88. The van der Waals surface area contributed by atoms with Gasteiger partial charge in [0.05, 0.1) is 5.69 Å². The highest BCUT2D eigenvalue weighted by atomic mass is 32.1. The molecule has 1 aromatic heterocycles. The third-order valence-corrected chi connectivity index (χ3v) is 5.18. The lowest BCUT2D eigenvalue weighted by Gasteiger charge is -2.41. The molecule has 1 fully saturated rings. The van der Waals surface area contributed by atoms with Gasteiger partial charge in [-0.2, -0.15) is 0 Å². The fourth-order valence-electron chi connectivity index (χ4n) is 2.61. The Morgan fingerprint density at radius 3 is 2.56 bits per heavy atom. The van der Waals surface area contributed by atoms with Crippen molar-refractivity contribution < 1.29 is 4.74 Å². The maximum Gasteiger partial charge on any atom is 0.125 e. The number of aromatic nitrogens is 1. The summed E-state index contributed by atoms with van der Waals surface area (Å²) in [5.74, 6) is 0. The maximum atomic E-state index is 5.88. The van der Waals surface area contributed by atoms with Crippen LogP contribution in [0.2, 0.25) is 0 Å². The van der Waals surface area contributed by atoms with Crippen LogP contribution in [0, 0.1) is 5.41 Å². The minimum absolute atomic E-state index is 0.133. The molecule has 0 saturated heterocycles. The zero-order chi connectivity index (χ0) is 13.2. The van der Waals surface area contributed by atoms with E-state index in [-0.39, 0.29) is 5.60 Å². The Kier molecular flexibility index (Phi) is 4.09. The van der Waals surface area contributed by atoms with Gasteiger partial charge in [0.1, 0.15) is 10.6 Å². The Morgan fingerprint density at radius 1 is 1.33 bits per heavy atom. The monoisotopic (exact) mass is 268 g/mol. The Balaban J connectivity index is 2.17. The van der Waals surface area contributed by atoms with Gasteiger partial charge < -0.3 is 10.1 Å². The minimum Gasteiger partial charge on any atom is -0.371 e. The normalized spacial score (nSPS) is 22.0. The summed E-state index contributed by atoms with van der Waals surface area (Å²) in [6.45, 7) is 5.53. The number of nitrogens with zero attached hydrogens (tertiary/aromatic N) is 1. The quantitative estimate of drug-likeness (QED) is 0.909. The van der Waals surface area contributed by atoms with E-state index in [1.807, 2.05) is 14.2 Å². The van der Waals surface area contributed by atoms with Gasteiger partial charge in [0.25, 0.3) is 0 Å². The van der Waals surface area contributed by atoms with Crippen molar-refractivity contribution in [3.8, 4) is 0 Å². The molecule has 4 heteroatoms. The van der Waals surface area contributed by atoms with E-state index in [0.29, 0.717) is 5.41 Å². The predicted molar refractivity (Wildman–Crippen MR) is 75.8 cm³/mol. The van der Waals surface area contributed by atoms with Gasteiger partial charge in [0.15, 0.2) is 0 Å². The van der Waals surface area contributed by atoms with Crippen molar-refractivity contribution in [1.82, 2.24) is 10.3 Å². The second-order valence-electron chi connectivity index (χ2n) is 6.04. The lowest BCUT2D eigenvalue weighted by molar-refractivity contribution is -0.0668. The number of nitrogens with one attached hydrogen (secondary N) is 1. The standard InChI is InChI=1S/C14H24N2OS/c1-13(2)5-7-14(17-4,8-6-13)12-16-11(9-15-3)10-18-12/h10,15H,5-9H2,1-4H3. The Labute approximate surface area is 114 Å². The molecule has 1 aliphatic rings. The minimum atomic E-state index is -0.133. The molecule has 0 spiro atoms. The van der Waals surface area contributed by atoms with Crippen molar-refractivity contribution in [1.29, 1.82) is 0 Å². The Morgan fingerprint density at radius 2 is 2.00 bits per heavy atom. The molecule has 18 heavy (non-hydrogen) atoms. The smallest absolute Gasteiger partial charge is 0.125 e. The van der Waals surface area contributed by atoms with Crippen molar-refractivity contribution >= 4 is 11.3 Å². The summed E-state index contributed by atoms with van der Waals surface area (Å²) in [6, 6.07) is 0. The van der Waals surface area contributed by atoms with Crippen molar-refractivity contribution in [3.05, 3.63) is 16.1 Å². The molecule has 2 rings (SSSR count). The number of rotatable bonds is 4. The molecule has 3 nitrogen and oxygen atoms in total. The van der Waals surface area contributed by atoms with Crippen LogP contribution in [-0.4, -0.2) is 19.1 Å².